The van der Waals surface area contributed by atoms with Crippen LogP contribution >= 0.6 is 0 Å². The molecule has 0 saturated carbocycles. The molecule has 0 bridgehead atoms. The van der Waals surface area contributed by atoms with Crippen molar-refractivity contribution in [2.45, 2.75) is 97.1 Å². The minimum absolute atomic E-state index is 0.0563. The Morgan fingerprint density at radius 2 is 1.70 bits per heavy atom. The number of quaternary nitrogens is 1. The third-order valence-electron chi connectivity index (χ3n) is 5.35. The highest BCUT2D eigenvalue weighted by molar-refractivity contribution is 5.82. The second-order valence-electron chi connectivity index (χ2n) is 7.71. The standard InChI is InChI=1S/C22H39N3O2/c1-3-4-5-6-7-8-9-10-11-12-13-14-15-16-21-24-17-18-25(21,20(2)23)19-22(26)27/h14-15,17-18,20H,3-13,16,19,23H2,1-2H3/p+1/b15-14+. The Bertz CT molecular complexity index is 512. The Kier molecular flexibility index (Phi) is 11.9. The van der Waals surface area contributed by atoms with Crippen molar-refractivity contribution < 1.29 is 14.4 Å². The van der Waals surface area contributed by atoms with E-state index in [0.717, 1.165) is 12.3 Å². The maximum Gasteiger partial charge on any atom is 0.360 e. The van der Waals surface area contributed by atoms with E-state index in [0.29, 0.717) is 6.42 Å². The van der Waals surface area contributed by atoms with E-state index in [9.17, 15) is 9.90 Å². The Morgan fingerprint density at radius 1 is 1.11 bits per heavy atom. The molecule has 0 spiro atoms. The van der Waals surface area contributed by atoms with Gasteiger partial charge >= 0.3 is 5.97 Å². The summed E-state index contributed by atoms with van der Waals surface area (Å²) in [7, 11) is 0. The molecule has 0 saturated heterocycles. The van der Waals surface area contributed by atoms with Crippen LogP contribution < -0.4 is 5.73 Å². The van der Waals surface area contributed by atoms with Gasteiger partial charge in [0.1, 0.15) is 12.4 Å². The summed E-state index contributed by atoms with van der Waals surface area (Å²) in [4.78, 5) is 15.6. The first-order valence-corrected chi connectivity index (χ1v) is 10.8. The number of carboxylic acids is 1. The zero-order valence-electron chi connectivity index (χ0n) is 17.4. The number of nitrogens with zero attached hydrogens (tertiary/aromatic N) is 2. The molecule has 154 valence electrons. The highest BCUT2D eigenvalue weighted by Gasteiger charge is 2.40. The lowest BCUT2D eigenvalue weighted by molar-refractivity contribution is -0.805. The molecule has 1 heterocycles. The number of amidine groups is 1. The number of rotatable bonds is 16. The van der Waals surface area contributed by atoms with Gasteiger partial charge in [-0.3, -0.25) is 5.73 Å². The van der Waals surface area contributed by atoms with E-state index in [1.54, 1.807) is 12.4 Å². The van der Waals surface area contributed by atoms with E-state index in [1.807, 2.05) is 6.92 Å². The average Bonchev–Trinajstić information content (AvgIpc) is 3.02. The number of hydrogen-bond acceptors (Lipinski definition) is 3. The highest BCUT2D eigenvalue weighted by Crippen LogP contribution is 2.22. The van der Waals surface area contributed by atoms with Crippen molar-refractivity contribution >= 4 is 11.8 Å². The van der Waals surface area contributed by atoms with E-state index in [-0.39, 0.29) is 17.2 Å². The molecule has 1 aliphatic heterocycles. The molecule has 1 rings (SSSR count). The average molecular weight is 379 g/mol. The molecule has 0 amide bonds. The molecule has 0 aromatic rings. The maximum atomic E-state index is 11.2. The van der Waals surface area contributed by atoms with Crippen LogP contribution in [0.1, 0.15) is 90.9 Å². The van der Waals surface area contributed by atoms with Crippen LogP contribution in [0.15, 0.2) is 29.5 Å². The highest BCUT2D eigenvalue weighted by atomic mass is 16.4. The molecule has 3 N–H and O–H groups in total. The first-order valence-electron chi connectivity index (χ1n) is 10.8. The van der Waals surface area contributed by atoms with E-state index < -0.39 is 5.97 Å². The molecule has 0 radical (unpaired) electrons. The first-order chi connectivity index (χ1) is 13.0. The number of hydrogen-bond donors (Lipinski definition) is 2. The van der Waals surface area contributed by atoms with Gasteiger partial charge in [0.05, 0.1) is 12.6 Å². The Labute approximate surface area is 165 Å². The molecule has 0 aromatic heterocycles. The quantitative estimate of drug-likeness (QED) is 0.216. The molecule has 2 unspecified atom stereocenters. The Balaban J connectivity index is 2.15. The fraction of sp³-hybridized carbons (Fsp3) is 0.727. The minimum Gasteiger partial charge on any atom is -0.477 e. The Hall–Kier alpha value is -1.46. The van der Waals surface area contributed by atoms with Crippen molar-refractivity contribution in [3.05, 3.63) is 24.6 Å². The lowest BCUT2D eigenvalue weighted by Gasteiger charge is -2.34. The SMILES string of the molecule is CCCCCCCCCCCC/C=C/CC1=NC=C[N+]1(CC(=O)O)C(C)N. The van der Waals surface area contributed by atoms with Gasteiger partial charge in [-0.05, 0) is 12.8 Å². The van der Waals surface area contributed by atoms with Crippen molar-refractivity contribution in [1.29, 1.82) is 0 Å². The minimum atomic E-state index is -0.860. The summed E-state index contributed by atoms with van der Waals surface area (Å²) in [5, 5.41) is 9.21. The smallest absolute Gasteiger partial charge is 0.360 e. The zero-order chi connectivity index (χ0) is 20.0. The zero-order valence-corrected chi connectivity index (χ0v) is 17.4. The molecular formula is C22H40N3O2+. The van der Waals surface area contributed by atoms with Crippen molar-refractivity contribution in [2.75, 3.05) is 6.54 Å². The summed E-state index contributed by atoms with van der Waals surface area (Å²) in [6.45, 7) is 4.04. The number of carboxylic acid groups (broad SMARTS) is 1. The van der Waals surface area contributed by atoms with Crippen molar-refractivity contribution in [2.24, 2.45) is 10.7 Å². The van der Waals surface area contributed by atoms with E-state index in [1.165, 1.54) is 64.2 Å². The van der Waals surface area contributed by atoms with Crippen LogP contribution in [0.4, 0.5) is 0 Å². The predicted molar refractivity (Wildman–Crippen MR) is 113 cm³/mol. The summed E-state index contributed by atoms with van der Waals surface area (Å²) in [5.41, 5.74) is 6.07. The van der Waals surface area contributed by atoms with Crippen molar-refractivity contribution in [3.8, 4) is 0 Å². The number of aliphatic imine (C=N–C) groups is 1. The van der Waals surface area contributed by atoms with Gasteiger partial charge in [-0.1, -0.05) is 76.9 Å². The third kappa shape index (κ3) is 8.85. The predicted octanol–water partition coefficient (Wildman–Crippen LogP) is 5.33. The third-order valence-corrected chi connectivity index (χ3v) is 5.35. The van der Waals surface area contributed by atoms with Crippen LogP contribution in [0.3, 0.4) is 0 Å². The molecule has 27 heavy (non-hydrogen) atoms. The number of aliphatic carboxylic acids is 1. The van der Waals surface area contributed by atoms with Crippen LogP contribution in [0.5, 0.6) is 0 Å². The molecule has 5 heteroatoms. The van der Waals surface area contributed by atoms with E-state index in [4.69, 9.17) is 5.73 Å². The summed E-state index contributed by atoms with van der Waals surface area (Å²) in [5.74, 6) is -0.0485. The lowest BCUT2D eigenvalue weighted by atomic mass is 10.1. The van der Waals surface area contributed by atoms with Gasteiger partial charge in [0, 0.05) is 6.92 Å². The summed E-state index contributed by atoms with van der Waals surface area (Å²) >= 11 is 0. The van der Waals surface area contributed by atoms with Crippen LogP contribution in [0.25, 0.3) is 0 Å². The number of carbonyl (C=O) groups is 1. The monoisotopic (exact) mass is 378 g/mol. The molecular weight excluding hydrogens is 338 g/mol. The molecule has 5 nitrogen and oxygen atoms in total. The van der Waals surface area contributed by atoms with E-state index >= 15 is 0 Å². The largest absolute Gasteiger partial charge is 0.477 e. The topological polar surface area (TPSA) is 75.7 Å². The normalized spacial score (nSPS) is 20.3. The molecule has 1 aliphatic rings. The second-order valence-corrected chi connectivity index (χ2v) is 7.71. The summed E-state index contributed by atoms with van der Waals surface area (Å²) in [6, 6.07) is 0. The van der Waals surface area contributed by atoms with Gasteiger partial charge in [0.25, 0.3) is 0 Å². The van der Waals surface area contributed by atoms with Gasteiger partial charge in [0.15, 0.2) is 6.54 Å². The molecule has 2 atom stereocenters. The summed E-state index contributed by atoms with van der Waals surface area (Å²) < 4.78 is 0.123. The van der Waals surface area contributed by atoms with Gasteiger partial charge in [0.2, 0.25) is 5.84 Å². The maximum absolute atomic E-state index is 11.2. The lowest BCUT2D eigenvalue weighted by Crippen LogP contribution is -2.58. The van der Waals surface area contributed by atoms with Crippen LogP contribution in [0, 0.1) is 0 Å². The van der Waals surface area contributed by atoms with Crippen LogP contribution in [0.2, 0.25) is 0 Å². The second kappa shape index (κ2) is 13.7. The fourth-order valence-corrected chi connectivity index (χ4v) is 3.59. The summed E-state index contributed by atoms with van der Waals surface area (Å²) in [6.07, 6.45) is 22.7. The molecule has 0 aliphatic carbocycles. The Morgan fingerprint density at radius 3 is 2.26 bits per heavy atom. The van der Waals surface area contributed by atoms with Crippen LogP contribution in [-0.4, -0.2) is 34.1 Å². The fourth-order valence-electron chi connectivity index (χ4n) is 3.59. The van der Waals surface area contributed by atoms with Crippen molar-refractivity contribution in [1.82, 2.24) is 0 Å². The number of nitrogens with two attached hydrogens (primary N) is 1. The molecule has 0 aromatic carbocycles. The number of unbranched alkanes of at least 4 members (excludes halogenated alkanes) is 10. The first kappa shape index (κ1) is 23.6. The van der Waals surface area contributed by atoms with Crippen LogP contribution in [-0.2, 0) is 4.79 Å². The van der Waals surface area contributed by atoms with E-state index in [2.05, 4.69) is 24.1 Å². The van der Waals surface area contributed by atoms with Gasteiger partial charge in [-0.15, -0.1) is 0 Å². The van der Waals surface area contributed by atoms with Crippen molar-refractivity contribution in [3.63, 3.8) is 0 Å². The molecule has 0 fully saturated rings. The van der Waals surface area contributed by atoms with Gasteiger partial charge in [-0.2, -0.15) is 0 Å². The number of allylic oxidation sites excluding steroid dienone is 1. The van der Waals surface area contributed by atoms with Gasteiger partial charge < -0.3 is 5.11 Å². The van der Waals surface area contributed by atoms with Gasteiger partial charge in [-0.25, -0.2) is 14.3 Å².